The van der Waals surface area contributed by atoms with Gasteiger partial charge in [-0.3, -0.25) is 24.0 Å². The van der Waals surface area contributed by atoms with E-state index in [1.54, 1.807) is 30.3 Å². The topological polar surface area (TPSA) is 284 Å². The lowest BCUT2D eigenvalue weighted by Crippen LogP contribution is -2.54. The normalized spacial score (nSPS) is 13.4. The van der Waals surface area contributed by atoms with E-state index in [0.717, 1.165) is 11.8 Å². The third-order valence-corrected chi connectivity index (χ3v) is 7.92. The standard InChI is InChI=1S/C31H42N6O10S/c1-16(2)8-22(31(46)47)37-29(43)21(10-17-6-4-3-5-7-17)36-26(40)14-34-25(39)13-35-28(42)19(32)9-18-11-23(38)27(41)24(12-18)48-15-20(33)30(44)45/h3-7,11-12,16,19-22,38,41H,8-10,13-15,32-33H2,1-2H3,(H,34,39)(H,35,42)(H,36,40)(H,37,43)(H,44,45)(H,46,47)/t19-,20+,21-,22-/m0/s1. The lowest BCUT2D eigenvalue weighted by Gasteiger charge is -2.22. The van der Waals surface area contributed by atoms with E-state index < -0.39 is 84.3 Å². The highest BCUT2D eigenvalue weighted by atomic mass is 32.2. The number of nitrogens with one attached hydrogen (secondary N) is 4. The van der Waals surface area contributed by atoms with Crippen LogP contribution in [0, 0.1) is 5.92 Å². The largest absolute Gasteiger partial charge is 0.504 e. The molecule has 2 rings (SSSR count). The van der Waals surface area contributed by atoms with Gasteiger partial charge in [-0.05, 0) is 42.0 Å². The number of hydrogen-bond donors (Lipinski definition) is 10. The first-order chi connectivity index (χ1) is 22.6. The zero-order valence-electron chi connectivity index (χ0n) is 26.5. The molecule has 0 heterocycles. The van der Waals surface area contributed by atoms with Crippen molar-refractivity contribution in [1.29, 1.82) is 0 Å². The van der Waals surface area contributed by atoms with Crippen LogP contribution >= 0.6 is 11.8 Å². The van der Waals surface area contributed by atoms with Gasteiger partial charge in [-0.2, -0.15) is 0 Å². The zero-order chi connectivity index (χ0) is 36.0. The van der Waals surface area contributed by atoms with Crippen LogP contribution in [0.15, 0.2) is 47.4 Å². The number of phenolic OH excluding ortho intramolecular Hbond substituents is 2. The summed E-state index contributed by atoms with van der Waals surface area (Å²) in [6, 6.07) is 6.65. The number of rotatable bonds is 19. The van der Waals surface area contributed by atoms with Gasteiger partial charge in [0.05, 0.1) is 24.0 Å². The predicted molar refractivity (Wildman–Crippen MR) is 175 cm³/mol. The van der Waals surface area contributed by atoms with Crippen LogP contribution in [-0.2, 0) is 41.6 Å². The first-order valence-corrected chi connectivity index (χ1v) is 15.9. The molecule has 16 nitrogen and oxygen atoms in total. The number of carboxylic acids is 2. The number of aliphatic carboxylic acids is 2. The fourth-order valence-corrected chi connectivity index (χ4v) is 5.26. The molecule has 12 N–H and O–H groups in total. The molecule has 48 heavy (non-hydrogen) atoms. The number of hydrogen-bond acceptors (Lipinski definition) is 11. The summed E-state index contributed by atoms with van der Waals surface area (Å²) < 4.78 is 0. The summed E-state index contributed by atoms with van der Waals surface area (Å²) in [4.78, 5) is 73.4. The Bertz CT molecular complexity index is 1460. The molecule has 0 saturated carbocycles. The molecule has 0 unspecified atom stereocenters. The maximum absolute atomic E-state index is 13.0. The van der Waals surface area contributed by atoms with E-state index >= 15 is 0 Å². The van der Waals surface area contributed by atoms with Gasteiger partial charge < -0.3 is 53.2 Å². The first kappa shape index (κ1) is 39.3. The predicted octanol–water partition coefficient (Wildman–Crippen LogP) is -0.953. The third kappa shape index (κ3) is 13.5. The number of benzene rings is 2. The van der Waals surface area contributed by atoms with Crippen molar-refractivity contribution < 1.29 is 49.2 Å². The lowest BCUT2D eigenvalue weighted by molar-refractivity contribution is -0.142. The van der Waals surface area contributed by atoms with Crippen LogP contribution in [0.2, 0.25) is 0 Å². The molecule has 0 aromatic heterocycles. The van der Waals surface area contributed by atoms with Gasteiger partial charge in [-0.25, -0.2) is 4.79 Å². The van der Waals surface area contributed by atoms with Gasteiger partial charge in [0.25, 0.3) is 0 Å². The van der Waals surface area contributed by atoms with Crippen molar-refractivity contribution >= 4 is 47.3 Å². The molecule has 0 aliphatic heterocycles. The summed E-state index contributed by atoms with van der Waals surface area (Å²) in [5, 5.41) is 48.3. The Morgan fingerprint density at radius 2 is 1.40 bits per heavy atom. The molecule has 262 valence electrons. The van der Waals surface area contributed by atoms with Gasteiger partial charge in [0.15, 0.2) is 11.5 Å². The molecule has 2 aromatic carbocycles. The van der Waals surface area contributed by atoms with E-state index in [2.05, 4.69) is 21.3 Å². The summed E-state index contributed by atoms with van der Waals surface area (Å²) in [6.07, 6.45) is 0.121. The van der Waals surface area contributed by atoms with Crippen LogP contribution in [0.5, 0.6) is 11.5 Å². The first-order valence-electron chi connectivity index (χ1n) is 14.9. The molecule has 0 fully saturated rings. The Labute approximate surface area is 281 Å². The van der Waals surface area contributed by atoms with E-state index in [4.69, 9.17) is 16.6 Å². The highest BCUT2D eigenvalue weighted by Gasteiger charge is 2.27. The Morgan fingerprint density at radius 1 is 0.750 bits per heavy atom. The molecular weight excluding hydrogens is 648 g/mol. The van der Waals surface area contributed by atoms with Crippen molar-refractivity contribution in [1.82, 2.24) is 21.3 Å². The number of aromatic hydroxyl groups is 2. The molecule has 0 spiro atoms. The number of carbonyl (C=O) groups is 6. The van der Waals surface area contributed by atoms with Gasteiger partial charge in [-0.15, -0.1) is 11.8 Å². The van der Waals surface area contributed by atoms with Crippen molar-refractivity contribution in [3.05, 3.63) is 53.6 Å². The van der Waals surface area contributed by atoms with Crippen LogP contribution in [0.3, 0.4) is 0 Å². The maximum Gasteiger partial charge on any atom is 0.326 e. The summed E-state index contributed by atoms with van der Waals surface area (Å²) in [6.45, 7) is 2.53. The fraction of sp³-hybridized carbons (Fsp3) is 0.419. The lowest BCUT2D eigenvalue weighted by atomic mass is 10.0. The Balaban J connectivity index is 1.92. The van der Waals surface area contributed by atoms with E-state index in [1.165, 1.54) is 12.1 Å². The highest BCUT2D eigenvalue weighted by Crippen LogP contribution is 2.37. The van der Waals surface area contributed by atoms with E-state index in [9.17, 15) is 44.1 Å². The van der Waals surface area contributed by atoms with Crippen LogP contribution < -0.4 is 32.7 Å². The third-order valence-electron chi connectivity index (χ3n) is 6.77. The Kier molecular flexibility index (Phi) is 15.6. The number of carboxylic acid groups (broad SMARTS) is 2. The average Bonchev–Trinajstić information content (AvgIpc) is 3.02. The summed E-state index contributed by atoms with van der Waals surface area (Å²) in [5.41, 5.74) is 12.5. The number of amides is 4. The van der Waals surface area contributed by atoms with Crippen LogP contribution in [0.1, 0.15) is 31.4 Å². The van der Waals surface area contributed by atoms with E-state index in [0.29, 0.717) is 11.1 Å². The number of nitrogens with two attached hydrogens (primary N) is 2. The second-order valence-corrected chi connectivity index (χ2v) is 12.4. The Morgan fingerprint density at radius 3 is 2.00 bits per heavy atom. The van der Waals surface area contributed by atoms with Crippen LogP contribution in [0.25, 0.3) is 0 Å². The van der Waals surface area contributed by atoms with E-state index in [-0.39, 0.29) is 35.8 Å². The quantitative estimate of drug-likeness (QED) is 0.0629. The highest BCUT2D eigenvalue weighted by molar-refractivity contribution is 7.99. The monoisotopic (exact) mass is 690 g/mol. The second kappa shape index (κ2) is 19.1. The molecule has 4 atom stereocenters. The van der Waals surface area contributed by atoms with Crippen molar-refractivity contribution in [2.24, 2.45) is 17.4 Å². The van der Waals surface area contributed by atoms with Gasteiger partial charge >= 0.3 is 11.9 Å². The molecule has 0 aliphatic carbocycles. The molecule has 0 saturated heterocycles. The Hall–Kier alpha value is -4.87. The SMILES string of the molecule is CC(C)C[C@H](NC(=O)[C@H](Cc1ccccc1)NC(=O)CNC(=O)CNC(=O)[C@@H](N)Cc1cc(O)c(O)c(SC[C@@H](N)C(=O)O)c1)C(=O)O. The molecule has 0 bridgehead atoms. The van der Waals surface area contributed by atoms with Crippen molar-refractivity contribution in [2.75, 3.05) is 18.8 Å². The number of phenols is 2. The minimum absolute atomic E-state index is 0.0197. The van der Waals surface area contributed by atoms with Crippen molar-refractivity contribution in [2.45, 2.75) is 62.2 Å². The van der Waals surface area contributed by atoms with Crippen molar-refractivity contribution in [3.63, 3.8) is 0 Å². The zero-order valence-corrected chi connectivity index (χ0v) is 27.3. The molecule has 2 aromatic rings. The minimum Gasteiger partial charge on any atom is -0.504 e. The smallest absolute Gasteiger partial charge is 0.326 e. The average molecular weight is 691 g/mol. The second-order valence-electron chi connectivity index (χ2n) is 11.4. The van der Waals surface area contributed by atoms with Gasteiger partial charge in [0, 0.05) is 12.2 Å². The van der Waals surface area contributed by atoms with Crippen LogP contribution in [-0.4, -0.2) is 99.0 Å². The maximum atomic E-state index is 13.0. The molecular formula is C31H42N6O10S. The minimum atomic E-state index is -1.24. The van der Waals surface area contributed by atoms with E-state index in [1.807, 2.05) is 13.8 Å². The van der Waals surface area contributed by atoms with Crippen molar-refractivity contribution in [3.8, 4) is 11.5 Å². The van der Waals surface area contributed by atoms with Crippen LogP contribution in [0.4, 0.5) is 0 Å². The van der Waals surface area contributed by atoms with Gasteiger partial charge in [0.1, 0.15) is 18.1 Å². The van der Waals surface area contributed by atoms with Gasteiger partial charge in [-0.1, -0.05) is 44.2 Å². The van der Waals surface area contributed by atoms with Gasteiger partial charge in [0.2, 0.25) is 23.6 Å². The molecule has 4 amide bonds. The molecule has 0 radical (unpaired) electrons. The summed E-state index contributed by atoms with van der Waals surface area (Å²) in [5.74, 6) is -6.48. The fourth-order valence-electron chi connectivity index (χ4n) is 4.28. The summed E-state index contributed by atoms with van der Waals surface area (Å²) >= 11 is 0.891. The number of thioether (sulfide) groups is 1. The molecule has 0 aliphatic rings. The summed E-state index contributed by atoms with van der Waals surface area (Å²) in [7, 11) is 0. The number of carbonyl (C=O) groups excluding carboxylic acids is 4. The molecule has 17 heteroatoms.